The van der Waals surface area contributed by atoms with Crippen molar-refractivity contribution in [2.45, 2.75) is 38.1 Å². The van der Waals surface area contributed by atoms with E-state index in [-0.39, 0.29) is 6.04 Å². The molecule has 2 amide bonds. The van der Waals surface area contributed by atoms with E-state index in [1.807, 2.05) is 33.3 Å². The van der Waals surface area contributed by atoms with Crippen LogP contribution in [-0.4, -0.2) is 48.5 Å². The summed E-state index contributed by atoms with van der Waals surface area (Å²) in [6.45, 7) is 0.886. The number of rotatable bonds is 7. The molecule has 0 aliphatic heterocycles. The molecule has 1 atom stereocenters. The van der Waals surface area contributed by atoms with Gasteiger partial charge in [-0.25, -0.2) is 0 Å². The lowest BCUT2D eigenvalue weighted by Gasteiger charge is -2.24. The van der Waals surface area contributed by atoms with Gasteiger partial charge in [0.1, 0.15) is 0 Å². The van der Waals surface area contributed by atoms with Gasteiger partial charge in [0.25, 0.3) is 0 Å². The lowest BCUT2D eigenvalue weighted by atomic mass is 9.97. The third kappa shape index (κ3) is 5.26. The van der Waals surface area contributed by atoms with Crippen LogP contribution in [0.5, 0.6) is 0 Å². The molecule has 2 N–H and O–H groups in total. The average molecular weight is 397 g/mol. The first-order valence-corrected chi connectivity index (χ1v) is 10.4. The van der Waals surface area contributed by atoms with E-state index in [1.54, 1.807) is 0 Å². The molecule has 3 rings (SSSR count). The molecule has 1 heterocycles. The predicted molar refractivity (Wildman–Crippen MR) is 117 cm³/mol. The van der Waals surface area contributed by atoms with E-state index in [4.69, 9.17) is 0 Å². The van der Waals surface area contributed by atoms with Crippen molar-refractivity contribution in [2.24, 2.45) is 7.05 Å². The minimum atomic E-state index is -0.574. The molecule has 0 spiro atoms. The molecule has 0 fully saturated rings. The normalized spacial score (nSPS) is 15.2. The van der Waals surface area contributed by atoms with Crippen LogP contribution in [0.25, 0.3) is 10.9 Å². The molecule has 1 aliphatic carbocycles. The highest BCUT2D eigenvalue weighted by atomic mass is 16.2. The molecule has 0 bridgehead atoms. The summed E-state index contributed by atoms with van der Waals surface area (Å²) in [4.78, 5) is 26.5. The van der Waals surface area contributed by atoms with Gasteiger partial charge in [0.05, 0.1) is 6.04 Å². The largest absolute Gasteiger partial charge is 0.350 e. The Morgan fingerprint density at radius 2 is 1.90 bits per heavy atom. The fourth-order valence-corrected chi connectivity index (χ4v) is 4.03. The third-order valence-electron chi connectivity index (χ3n) is 5.69. The van der Waals surface area contributed by atoms with Gasteiger partial charge in [-0.3, -0.25) is 9.59 Å². The van der Waals surface area contributed by atoms with Crippen molar-refractivity contribution in [3.8, 4) is 0 Å². The van der Waals surface area contributed by atoms with Gasteiger partial charge >= 0.3 is 11.8 Å². The number of benzene rings is 1. The molecule has 1 aromatic heterocycles. The number of likely N-dealkylation sites (N-methyl/N-ethyl adjacent to an activating group) is 1. The van der Waals surface area contributed by atoms with E-state index in [2.05, 4.69) is 44.5 Å². The molecule has 156 valence electrons. The zero-order valence-electron chi connectivity index (χ0n) is 17.7. The molecule has 0 radical (unpaired) electrons. The van der Waals surface area contributed by atoms with E-state index in [0.29, 0.717) is 13.1 Å². The maximum atomic E-state index is 12.3. The summed E-state index contributed by atoms with van der Waals surface area (Å²) >= 11 is 0. The number of hydrogen-bond acceptors (Lipinski definition) is 3. The first kappa shape index (κ1) is 21.1. The molecule has 0 unspecified atom stereocenters. The number of aryl methyl sites for hydroxylation is 1. The molecular formula is C23H32N4O2. The third-order valence-corrected chi connectivity index (χ3v) is 5.69. The molecule has 1 aromatic carbocycles. The molecule has 0 saturated heterocycles. The topological polar surface area (TPSA) is 66.4 Å². The minimum absolute atomic E-state index is 0.0229. The standard InChI is InChI=1S/C23H32N4O2/c1-26(2)21(19-16-27(3)20-12-8-7-11-18(19)20)15-25-23(29)22(28)24-14-13-17-9-5-4-6-10-17/h7-9,11-12,16,21H,4-6,10,13-15H2,1-3H3,(H,24,28)(H,25,29)/t21-/m1/s1. The molecule has 29 heavy (non-hydrogen) atoms. The number of hydrogen-bond donors (Lipinski definition) is 2. The van der Waals surface area contributed by atoms with Crippen molar-refractivity contribution >= 4 is 22.7 Å². The van der Waals surface area contributed by atoms with Crippen molar-refractivity contribution in [3.05, 3.63) is 47.7 Å². The van der Waals surface area contributed by atoms with Gasteiger partial charge in [-0.15, -0.1) is 0 Å². The van der Waals surface area contributed by atoms with Crippen LogP contribution in [0.2, 0.25) is 0 Å². The Morgan fingerprint density at radius 1 is 1.14 bits per heavy atom. The van der Waals surface area contributed by atoms with Crippen molar-refractivity contribution < 1.29 is 9.59 Å². The average Bonchev–Trinajstić information content (AvgIpc) is 3.05. The van der Waals surface area contributed by atoms with E-state index in [9.17, 15) is 9.59 Å². The Labute approximate surface area is 172 Å². The van der Waals surface area contributed by atoms with Gasteiger partial charge in [-0.05, 0) is 57.8 Å². The van der Waals surface area contributed by atoms with Gasteiger partial charge in [0.15, 0.2) is 0 Å². The Bertz CT molecular complexity index is 897. The van der Waals surface area contributed by atoms with Crippen LogP contribution in [0.1, 0.15) is 43.7 Å². The van der Waals surface area contributed by atoms with Crippen molar-refractivity contribution in [3.63, 3.8) is 0 Å². The Balaban J connectivity index is 1.56. The zero-order chi connectivity index (χ0) is 20.8. The van der Waals surface area contributed by atoms with Crippen LogP contribution in [0.15, 0.2) is 42.1 Å². The summed E-state index contributed by atoms with van der Waals surface area (Å²) in [5, 5.41) is 6.72. The lowest BCUT2D eigenvalue weighted by Crippen LogP contribution is -2.43. The maximum Gasteiger partial charge on any atom is 0.309 e. The SMILES string of the molecule is CN(C)[C@H](CNC(=O)C(=O)NCCC1=CCCCC1)c1cn(C)c2ccccc12. The number of allylic oxidation sites excluding steroid dienone is 1. The minimum Gasteiger partial charge on any atom is -0.350 e. The number of fused-ring (bicyclic) bond motifs is 1. The van der Waals surface area contributed by atoms with Crippen LogP contribution < -0.4 is 10.6 Å². The zero-order valence-corrected chi connectivity index (χ0v) is 17.7. The first-order chi connectivity index (χ1) is 14.0. The van der Waals surface area contributed by atoms with Crippen LogP contribution in [-0.2, 0) is 16.6 Å². The van der Waals surface area contributed by atoms with Crippen LogP contribution in [0, 0.1) is 0 Å². The smallest absolute Gasteiger partial charge is 0.309 e. The quantitative estimate of drug-likeness (QED) is 0.559. The van der Waals surface area contributed by atoms with Crippen LogP contribution >= 0.6 is 0 Å². The first-order valence-electron chi connectivity index (χ1n) is 10.4. The fourth-order valence-electron chi connectivity index (χ4n) is 4.03. The molecule has 6 nitrogen and oxygen atoms in total. The summed E-state index contributed by atoms with van der Waals surface area (Å²) in [7, 11) is 5.99. The molecule has 1 aliphatic rings. The number of nitrogens with one attached hydrogen (secondary N) is 2. The van der Waals surface area contributed by atoms with Gasteiger partial charge < -0.3 is 20.1 Å². The molecule has 0 saturated carbocycles. The van der Waals surface area contributed by atoms with Crippen molar-refractivity contribution in [1.29, 1.82) is 0 Å². The van der Waals surface area contributed by atoms with Gasteiger partial charge in [0.2, 0.25) is 0 Å². The van der Waals surface area contributed by atoms with Crippen LogP contribution in [0.3, 0.4) is 0 Å². The van der Waals surface area contributed by atoms with Gasteiger partial charge in [-0.1, -0.05) is 29.8 Å². The summed E-state index contributed by atoms with van der Waals surface area (Å²) in [5.74, 6) is -1.13. The second-order valence-corrected chi connectivity index (χ2v) is 8.02. The number of aromatic nitrogens is 1. The number of amides is 2. The summed E-state index contributed by atoms with van der Waals surface area (Å²) < 4.78 is 2.09. The number of carbonyl (C=O) groups excluding carboxylic acids is 2. The van der Waals surface area contributed by atoms with E-state index >= 15 is 0 Å². The van der Waals surface area contributed by atoms with E-state index < -0.39 is 11.8 Å². The summed E-state index contributed by atoms with van der Waals surface area (Å²) in [5.41, 5.74) is 3.68. The molecular weight excluding hydrogens is 364 g/mol. The summed E-state index contributed by atoms with van der Waals surface area (Å²) in [6, 6.07) is 8.19. The van der Waals surface area contributed by atoms with E-state index in [1.165, 1.54) is 18.4 Å². The Morgan fingerprint density at radius 3 is 2.62 bits per heavy atom. The highest BCUT2D eigenvalue weighted by Crippen LogP contribution is 2.28. The highest BCUT2D eigenvalue weighted by Gasteiger charge is 2.21. The Kier molecular flexibility index (Phi) is 7.09. The highest BCUT2D eigenvalue weighted by molar-refractivity contribution is 6.35. The van der Waals surface area contributed by atoms with Crippen molar-refractivity contribution in [1.82, 2.24) is 20.1 Å². The molecule has 2 aromatic rings. The van der Waals surface area contributed by atoms with Gasteiger partial charge in [-0.2, -0.15) is 0 Å². The number of para-hydroxylation sites is 1. The van der Waals surface area contributed by atoms with Crippen molar-refractivity contribution in [2.75, 3.05) is 27.2 Å². The van der Waals surface area contributed by atoms with Gasteiger partial charge in [0, 0.05) is 37.2 Å². The number of nitrogens with zero attached hydrogens (tertiary/aromatic N) is 2. The second-order valence-electron chi connectivity index (χ2n) is 8.02. The lowest BCUT2D eigenvalue weighted by molar-refractivity contribution is -0.139. The second kappa shape index (κ2) is 9.74. The monoisotopic (exact) mass is 396 g/mol. The fraction of sp³-hybridized carbons (Fsp3) is 0.478. The van der Waals surface area contributed by atoms with E-state index in [0.717, 1.165) is 35.7 Å². The number of carbonyl (C=O) groups is 2. The summed E-state index contributed by atoms with van der Waals surface area (Å²) in [6.07, 6.45) is 9.90. The Hall–Kier alpha value is -2.60. The predicted octanol–water partition coefficient (Wildman–Crippen LogP) is 2.90. The molecule has 6 heteroatoms. The maximum absolute atomic E-state index is 12.3. The van der Waals surface area contributed by atoms with Crippen LogP contribution in [0.4, 0.5) is 0 Å².